The third kappa shape index (κ3) is 3.11. The normalized spacial score (nSPS) is 11.6. The van der Waals surface area contributed by atoms with Gasteiger partial charge in [-0.1, -0.05) is 60.2 Å². The summed E-state index contributed by atoms with van der Waals surface area (Å²) in [6.45, 7) is 4.10. The monoisotopic (exact) mass is 274 g/mol. The molecule has 0 spiro atoms. The Labute approximate surface area is 125 Å². The molecule has 0 atom stereocenters. The van der Waals surface area contributed by atoms with Gasteiger partial charge in [0.1, 0.15) is 0 Å². The van der Waals surface area contributed by atoms with Crippen molar-refractivity contribution in [1.29, 1.82) is 0 Å². The Morgan fingerprint density at radius 1 is 0.857 bits per heavy atom. The Morgan fingerprint density at radius 3 is 2.33 bits per heavy atom. The van der Waals surface area contributed by atoms with E-state index in [0.717, 1.165) is 17.0 Å². The smallest absolute Gasteiger partial charge is 0.0648 e. The second-order valence-electron chi connectivity index (χ2n) is 5.24. The van der Waals surface area contributed by atoms with E-state index in [1.807, 2.05) is 19.1 Å². The van der Waals surface area contributed by atoms with Crippen molar-refractivity contribution in [3.05, 3.63) is 77.9 Å². The SMILES string of the molecule is C/C(=N/Nc1ccc2ccccc2c1)c1ccc(C)cc1. The van der Waals surface area contributed by atoms with Crippen LogP contribution in [0.15, 0.2) is 71.8 Å². The summed E-state index contributed by atoms with van der Waals surface area (Å²) in [5.41, 5.74) is 7.50. The molecule has 104 valence electrons. The molecule has 0 aliphatic rings. The first-order valence-corrected chi connectivity index (χ1v) is 7.08. The Hall–Kier alpha value is -2.61. The summed E-state index contributed by atoms with van der Waals surface area (Å²) in [5.74, 6) is 0. The number of anilines is 1. The van der Waals surface area contributed by atoms with E-state index >= 15 is 0 Å². The zero-order chi connectivity index (χ0) is 14.7. The van der Waals surface area contributed by atoms with Gasteiger partial charge in [-0.25, -0.2) is 0 Å². The topological polar surface area (TPSA) is 24.4 Å². The fraction of sp³-hybridized carbons (Fsp3) is 0.105. The molecule has 0 unspecified atom stereocenters. The summed E-state index contributed by atoms with van der Waals surface area (Å²) in [5, 5.41) is 6.92. The Balaban J connectivity index is 1.81. The molecule has 2 nitrogen and oxygen atoms in total. The molecule has 1 N–H and O–H groups in total. The van der Waals surface area contributed by atoms with Crippen LogP contribution in [0.25, 0.3) is 10.8 Å². The van der Waals surface area contributed by atoms with Crippen molar-refractivity contribution in [1.82, 2.24) is 0 Å². The summed E-state index contributed by atoms with van der Waals surface area (Å²) in [4.78, 5) is 0. The minimum absolute atomic E-state index is 0.975. The zero-order valence-corrected chi connectivity index (χ0v) is 12.3. The maximum Gasteiger partial charge on any atom is 0.0648 e. The highest BCUT2D eigenvalue weighted by molar-refractivity contribution is 5.99. The minimum Gasteiger partial charge on any atom is -0.278 e. The lowest BCUT2D eigenvalue weighted by molar-refractivity contribution is 1.32. The predicted octanol–water partition coefficient (Wildman–Crippen LogP) is 4.98. The number of hydrogen-bond acceptors (Lipinski definition) is 2. The van der Waals surface area contributed by atoms with E-state index in [1.165, 1.54) is 16.3 Å². The van der Waals surface area contributed by atoms with Crippen LogP contribution in [0.3, 0.4) is 0 Å². The lowest BCUT2D eigenvalue weighted by Crippen LogP contribution is -1.99. The summed E-state index contributed by atoms with van der Waals surface area (Å²) < 4.78 is 0. The van der Waals surface area contributed by atoms with Crippen molar-refractivity contribution in [2.24, 2.45) is 5.10 Å². The molecular formula is C19H18N2. The van der Waals surface area contributed by atoms with Gasteiger partial charge in [0.05, 0.1) is 11.4 Å². The Morgan fingerprint density at radius 2 is 1.57 bits per heavy atom. The number of benzene rings is 3. The van der Waals surface area contributed by atoms with Crippen LogP contribution in [0.4, 0.5) is 5.69 Å². The molecule has 21 heavy (non-hydrogen) atoms. The molecular weight excluding hydrogens is 256 g/mol. The first kappa shape index (κ1) is 13.4. The van der Waals surface area contributed by atoms with Crippen LogP contribution < -0.4 is 5.43 Å². The van der Waals surface area contributed by atoms with Gasteiger partial charge in [0.25, 0.3) is 0 Å². The highest BCUT2D eigenvalue weighted by Gasteiger charge is 1.98. The maximum atomic E-state index is 4.47. The molecule has 0 radical (unpaired) electrons. The Bertz CT molecular complexity index is 786. The van der Waals surface area contributed by atoms with E-state index in [9.17, 15) is 0 Å². The zero-order valence-electron chi connectivity index (χ0n) is 12.3. The average molecular weight is 274 g/mol. The van der Waals surface area contributed by atoms with Crippen LogP contribution in [0.5, 0.6) is 0 Å². The van der Waals surface area contributed by atoms with Crippen molar-refractivity contribution in [3.63, 3.8) is 0 Å². The van der Waals surface area contributed by atoms with Crippen molar-refractivity contribution in [2.45, 2.75) is 13.8 Å². The molecule has 0 heterocycles. The quantitative estimate of drug-likeness (QED) is 0.528. The number of rotatable bonds is 3. The second kappa shape index (κ2) is 5.80. The first-order chi connectivity index (χ1) is 10.2. The molecule has 3 aromatic carbocycles. The standard InChI is InChI=1S/C19H18N2/c1-14-7-9-16(10-8-14)15(2)20-21-19-12-11-17-5-3-4-6-18(17)13-19/h3-13,21H,1-2H3/b20-15-. The molecule has 0 aromatic heterocycles. The number of nitrogens with one attached hydrogen (secondary N) is 1. The molecule has 0 fully saturated rings. The highest BCUT2D eigenvalue weighted by Crippen LogP contribution is 2.19. The largest absolute Gasteiger partial charge is 0.278 e. The van der Waals surface area contributed by atoms with Gasteiger partial charge in [-0.05, 0) is 42.3 Å². The molecule has 3 rings (SSSR count). The number of hydrazone groups is 1. The molecule has 0 aliphatic heterocycles. The molecule has 0 bridgehead atoms. The van der Waals surface area contributed by atoms with Gasteiger partial charge in [-0.15, -0.1) is 0 Å². The number of nitrogens with zero attached hydrogens (tertiary/aromatic N) is 1. The number of hydrogen-bond donors (Lipinski definition) is 1. The van der Waals surface area contributed by atoms with Crippen molar-refractivity contribution < 1.29 is 0 Å². The third-order valence-electron chi connectivity index (χ3n) is 3.57. The van der Waals surface area contributed by atoms with Gasteiger partial charge in [0.15, 0.2) is 0 Å². The van der Waals surface area contributed by atoms with Gasteiger partial charge in [0.2, 0.25) is 0 Å². The van der Waals surface area contributed by atoms with E-state index in [1.54, 1.807) is 0 Å². The molecule has 2 heteroatoms. The summed E-state index contributed by atoms with van der Waals surface area (Å²) in [7, 11) is 0. The van der Waals surface area contributed by atoms with E-state index in [-0.39, 0.29) is 0 Å². The predicted molar refractivity (Wildman–Crippen MR) is 91.0 cm³/mol. The van der Waals surface area contributed by atoms with E-state index in [4.69, 9.17) is 0 Å². The second-order valence-corrected chi connectivity index (χ2v) is 5.24. The van der Waals surface area contributed by atoms with E-state index in [2.05, 4.69) is 72.0 Å². The third-order valence-corrected chi connectivity index (χ3v) is 3.57. The van der Waals surface area contributed by atoms with Gasteiger partial charge < -0.3 is 0 Å². The van der Waals surface area contributed by atoms with Gasteiger partial charge >= 0.3 is 0 Å². The molecule has 0 saturated carbocycles. The van der Waals surface area contributed by atoms with Crippen LogP contribution in [0, 0.1) is 6.92 Å². The lowest BCUT2D eigenvalue weighted by Gasteiger charge is -2.05. The molecule has 0 aliphatic carbocycles. The number of aryl methyl sites for hydroxylation is 1. The van der Waals surface area contributed by atoms with Crippen LogP contribution in [-0.2, 0) is 0 Å². The lowest BCUT2D eigenvalue weighted by atomic mass is 10.1. The summed E-state index contributed by atoms with van der Waals surface area (Å²) in [6.07, 6.45) is 0. The van der Waals surface area contributed by atoms with Crippen LogP contribution in [0.2, 0.25) is 0 Å². The van der Waals surface area contributed by atoms with Gasteiger partial charge in [0, 0.05) is 0 Å². The van der Waals surface area contributed by atoms with Gasteiger partial charge in [-0.2, -0.15) is 5.10 Å². The summed E-state index contributed by atoms with van der Waals surface area (Å²) >= 11 is 0. The highest BCUT2D eigenvalue weighted by atomic mass is 15.3. The van der Waals surface area contributed by atoms with Crippen molar-refractivity contribution in [3.8, 4) is 0 Å². The van der Waals surface area contributed by atoms with E-state index < -0.39 is 0 Å². The number of fused-ring (bicyclic) bond motifs is 1. The molecule has 0 saturated heterocycles. The Kier molecular flexibility index (Phi) is 3.69. The summed E-state index contributed by atoms with van der Waals surface area (Å²) in [6, 6.07) is 23.0. The van der Waals surface area contributed by atoms with Crippen LogP contribution in [-0.4, -0.2) is 5.71 Å². The average Bonchev–Trinajstić information content (AvgIpc) is 2.53. The molecule has 0 amide bonds. The van der Waals surface area contributed by atoms with Crippen LogP contribution in [0.1, 0.15) is 18.1 Å². The minimum atomic E-state index is 0.975. The molecule has 3 aromatic rings. The first-order valence-electron chi connectivity index (χ1n) is 7.08. The fourth-order valence-electron chi connectivity index (χ4n) is 2.27. The fourth-order valence-corrected chi connectivity index (χ4v) is 2.27. The van der Waals surface area contributed by atoms with Gasteiger partial charge in [-0.3, -0.25) is 5.43 Å². The van der Waals surface area contributed by atoms with E-state index in [0.29, 0.717) is 0 Å². The van der Waals surface area contributed by atoms with Crippen LogP contribution >= 0.6 is 0 Å². The van der Waals surface area contributed by atoms with Crippen molar-refractivity contribution >= 4 is 22.2 Å². The maximum absolute atomic E-state index is 4.47. The van der Waals surface area contributed by atoms with Crippen molar-refractivity contribution in [2.75, 3.05) is 5.43 Å².